The van der Waals surface area contributed by atoms with E-state index in [9.17, 15) is 9.59 Å². The highest BCUT2D eigenvalue weighted by Crippen LogP contribution is 2.24. The molecule has 138 valence electrons. The Bertz CT molecular complexity index is 978. The van der Waals surface area contributed by atoms with E-state index in [1.165, 1.54) is 6.39 Å². The van der Waals surface area contributed by atoms with Crippen molar-refractivity contribution in [3.63, 3.8) is 0 Å². The number of para-hydroxylation sites is 1. The van der Waals surface area contributed by atoms with Gasteiger partial charge in [-0.3, -0.25) is 9.59 Å². The topological polar surface area (TPSA) is 75.4 Å². The molecule has 0 unspecified atom stereocenters. The van der Waals surface area contributed by atoms with Crippen molar-refractivity contribution < 1.29 is 14.0 Å². The number of likely N-dealkylation sites (tertiary alicyclic amines) is 1. The van der Waals surface area contributed by atoms with Crippen molar-refractivity contribution in [1.29, 1.82) is 0 Å². The van der Waals surface area contributed by atoms with Crippen molar-refractivity contribution in [2.75, 3.05) is 18.4 Å². The number of oxazole rings is 1. The van der Waals surface area contributed by atoms with Crippen molar-refractivity contribution >= 4 is 28.6 Å². The van der Waals surface area contributed by atoms with Crippen LogP contribution >= 0.6 is 0 Å². The molecule has 1 saturated heterocycles. The molecule has 2 heterocycles. The number of hydrogen-bond donors (Lipinski definition) is 1. The zero-order valence-electron chi connectivity index (χ0n) is 15.1. The molecule has 4 rings (SSSR count). The number of fused-ring (bicyclic) bond motifs is 1. The molecule has 3 aromatic rings. The van der Waals surface area contributed by atoms with Crippen LogP contribution in [-0.4, -0.2) is 34.8 Å². The van der Waals surface area contributed by atoms with E-state index in [0.717, 1.165) is 18.4 Å². The molecule has 0 aliphatic carbocycles. The van der Waals surface area contributed by atoms with Crippen molar-refractivity contribution in [3.8, 4) is 0 Å². The van der Waals surface area contributed by atoms with E-state index < -0.39 is 0 Å². The van der Waals surface area contributed by atoms with Crippen LogP contribution in [0.4, 0.5) is 5.69 Å². The summed E-state index contributed by atoms with van der Waals surface area (Å²) in [6, 6.07) is 13.0. The molecular formula is C21H21N3O3. The molecule has 0 saturated carbocycles. The minimum absolute atomic E-state index is 0.0221. The lowest BCUT2D eigenvalue weighted by molar-refractivity contribution is -0.121. The van der Waals surface area contributed by atoms with Crippen molar-refractivity contribution in [2.45, 2.75) is 19.8 Å². The van der Waals surface area contributed by atoms with Crippen LogP contribution in [0.15, 0.2) is 53.3 Å². The second kappa shape index (κ2) is 7.23. The van der Waals surface area contributed by atoms with Crippen LogP contribution < -0.4 is 5.32 Å². The molecule has 0 radical (unpaired) electrons. The van der Waals surface area contributed by atoms with E-state index >= 15 is 0 Å². The van der Waals surface area contributed by atoms with Crippen LogP contribution in [0, 0.1) is 12.8 Å². The number of aromatic nitrogens is 1. The Balaban J connectivity index is 1.46. The monoisotopic (exact) mass is 363 g/mol. The van der Waals surface area contributed by atoms with Gasteiger partial charge in [0.15, 0.2) is 12.0 Å². The summed E-state index contributed by atoms with van der Waals surface area (Å²) in [7, 11) is 0. The molecule has 6 heteroatoms. The first-order valence-corrected chi connectivity index (χ1v) is 9.11. The minimum Gasteiger partial charge on any atom is -0.443 e. The van der Waals surface area contributed by atoms with E-state index in [-0.39, 0.29) is 17.7 Å². The number of nitrogens with one attached hydrogen (secondary N) is 1. The van der Waals surface area contributed by atoms with E-state index in [2.05, 4.69) is 10.3 Å². The molecule has 1 fully saturated rings. The molecule has 1 aliphatic rings. The van der Waals surface area contributed by atoms with Gasteiger partial charge in [-0.25, -0.2) is 4.98 Å². The van der Waals surface area contributed by atoms with Crippen molar-refractivity contribution in [1.82, 2.24) is 9.88 Å². The second-order valence-corrected chi connectivity index (χ2v) is 6.95. The minimum atomic E-state index is -0.240. The van der Waals surface area contributed by atoms with Crippen molar-refractivity contribution in [3.05, 3.63) is 60.0 Å². The third kappa shape index (κ3) is 3.56. The molecule has 2 aromatic carbocycles. The highest BCUT2D eigenvalue weighted by atomic mass is 16.3. The first-order valence-electron chi connectivity index (χ1n) is 9.11. The summed E-state index contributed by atoms with van der Waals surface area (Å²) in [5.41, 5.74) is 3.67. The maximum Gasteiger partial charge on any atom is 0.253 e. The van der Waals surface area contributed by atoms with Gasteiger partial charge < -0.3 is 14.6 Å². The van der Waals surface area contributed by atoms with Crippen LogP contribution in [-0.2, 0) is 4.79 Å². The van der Waals surface area contributed by atoms with Gasteiger partial charge in [0.1, 0.15) is 5.52 Å². The number of hydrogen-bond acceptors (Lipinski definition) is 4. The summed E-state index contributed by atoms with van der Waals surface area (Å²) in [5, 5.41) is 2.95. The Morgan fingerprint density at radius 3 is 2.81 bits per heavy atom. The Hall–Kier alpha value is -3.15. The first kappa shape index (κ1) is 17.3. The van der Waals surface area contributed by atoms with Gasteiger partial charge in [0.05, 0.1) is 11.6 Å². The van der Waals surface area contributed by atoms with Crippen LogP contribution in [0.2, 0.25) is 0 Å². The van der Waals surface area contributed by atoms with Gasteiger partial charge in [-0.1, -0.05) is 23.8 Å². The number of benzene rings is 2. The Morgan fingerprint density at radius 2 is 2.00 bits per heavy atom. The molecule has 2 amide bonds. The number of carbonyl (C=O) groups is 2. The fraction of sp³-hybridized carbons (Fsp3) is 0.286. The largest absolute Gasteiger partial charge is 0.443 e. The summed E-state index contributed by atoms with van der Waals surface area (Å²) in [6.45, 7) is 3.09. The van der Waals surface area contributed by atoms with Gasteiger partial charge in [-0.2, -0.15) is 0 Å². The van der Waals surface area contributed by atoms with Gasteiger partial charge >= 0.3 is 0 Å². The van der Waals surface area contributed by atoms with Gasteiger partial charge in [0.25, 0.3) is 5.91 Å². The maximum atomic E-state index is 12.8. The summed E-state index contributed by atoms with van der Waals surface area (Å²) < 4.78 is 5.28. The molecular weight excluding hydrogens is 342 g/mol. The number of anilines is 1. The Kier molecular flexibility index (Phi) is 4.62. The zero-order chi connectivity index (χ0) is 18.8. The van der Waals surface area contributed by atoms with Crippen LogP contribution in [0.5, 0.6) is 0 Å². The molecule has 6 nitrogen and oxygen atoms in total. The molecule has 1 aromatic heterocycles. The molecule has 1 atom stereocenters. The van der Waals surface area contributed by atoms with Gasteiger partial charge in [-0.05, 0) is 44.0 Å². The van der Waals surface area contributed by atoms with E-state index in [1.54, 1.807) is 17.0 Å². The van der Waals surface area contributed by atoms with Crippen LogP contribution in [0.25, 0.3) is 11.1 Å². The molecule has 1 N–H and O–H groups in total. The van der Waals surface area contributed by atoms with Crippen molar-refractivity contribution in [2.24, 2.45) is 5.92 Å². The Labute approximate surface area is 157 Å². The third-order valence-electron chi connectivity index (χ3n) is 5.00. The summed E-state index contributed by atoms with van der Waals surface area (Å²) in [4.78, 5) is 31.5. The number of carbonyl (C=O) groups excluding carboxylic acids is 2. The molecule has 27 heavy (non-hydrogen) atoms. The van der Waals surface area contributed by atoms with E-state index in [4.69, 9.17) is 4.42 Å². The van der Waals surface area contributed by atoms with Gasteiger partial charge in [0, 0.05) is 18.7 Å². The number of nitrogens with zero attached hydrogens (tertiary/aromatic N) is 2. The quantitative estimate of drug-likeness (QED) is 0.771. The average molecular weight is 363 g/mol. The molecule has 1 aliphatic heterocycles. The predicted molar refractivity (Wildman–Crippen MR) is 102 cm³/mol. The summed E-state index contributed by atoms with van der Waals surface area (Å²) >= 11 is 0. The molecule has 0 bridgehead atoms. The van der Waals surface area contributed by atoms with Crippen LogP contribution in [0.1, 0.15) is 28.8 Å². The van der Waals surface area contributed by atoms with E-state index in [1.807, 2.05) is 37.3 Å². The summed E-state index contributed by atoms with van der Waals surface area (Å²) in [5.74, 6) is -0.353. The van der Waals surface area contributed by atoms with Gasteiger partial charge in [-0.15, -0.1) is 0 Å². The highest BCUT2D eigenvalue weighted by molar-refractivity contribution is 6.00. The number of aryl methyl sites for hydroxylation is 1. The Morgan fingerprint density at radius 1 is 1.19 bits per heavy atom. The normalized spacial score (nSPS) is 17.1. The standard InChI is InChI=1S/C21H21N3O3/c1-14-7-9-15(10-8-14)21(26)24-11-3-4-16(12-24)20(25)23-17-5-2-6-18-19(17)22-13-27-18/h2,5-10,13,16H,3-4,11-12H2,1H3,(H,23,25)/t16-/m0/s1. The fourth-order valence-electron chi connectivity index (χ4n) is 3.48. The average Bonchev–Trinajstić information content (AvgIpc) is 3.18. The fourth-order valence-corrected chi connectivity index (χ4v) is 3.48. The lowest BCUT2D eigenvalue weighted by atomic mass is 9.96. The van der Waals surface area contributed by atoms with Crippen LogP contribution in [0.3, 0.4) is 0 Å². The van der Waals surface area contributed by atoms with Gasteiger partial charge in [0.2, 0.25) is 5.91 Å². The zero-order valence-corrected chi connectivity index (χ0v) is 15.1. The number of piperidine rings is 1. The maximum absolute atomic E-state index is 12.8. The third-order valence-corrected chi connectivity index (χ3v) is 5.00. The smallest absolute Gasteiger partial charge is 0.253 e. The first-order chi connectivity index (χ1) is 13.1. The number of rotatable bonds is 3. The summed E-state index contributed by atoms with van der Waals surface area (Å²) in [6.07, 6.45) is 2.94. The number of amides is 2. The lowest BCUT2D eigenvalue weighted by Crippen LogP contribution is -2.43. The predicted octanol–water partition coefficient (Wildman–Crippen LogP) is 3.63. The second-order valence-electron chi connectivity index (χ2n) is 6.95. The SMILES string of the molecule is Cc1ccc(C(=O)N2CCC[C@H](C(=O)Nc3cccc4ocnc34)C2)cc1. The lowest BCUT2D eigenvalue weighted by Gasteiger charge is -2.32. The molecule has 0 spiro atoms. The van der Waals surface area contributed by atoms with E-state index in [0.29, 0.717) is 35.4 Å². The highest BCUT2D eigenvalue weighted by Gasteiger charge is 2.29.